The van der Waals surface area contributed by atoms with Gasteiger partial charge in [0.25, 0.3) is 0 Å². The maximum Gasteiger partial charge on any atom is 0.121 e. The molecule has 39 heavy (non-hydrogen) atoms. The van der Waals surface area contributed by atoms with Crippen LogP contribution in [0.2, 0.25) is 0 Å². The highest BCUT2D eigenvalue weighted by Gasteiger charge is 2.52. The first-order valence-electron chi connectivity index (χ1n) is 15.0. The van der Waals surface area contributed by atoms with Crippen molar-refractivity contribution in [1.82, 2.24) is 9.78 Å². The Hall–Kier alpha value is -2.95. The van der Waals surface area contributed by atoms with E-state index < -0.39 is 0 Å². The van der Waals surface area contributed by atoms with Crippen LogP contribution in [-0.4, -0.2) is 35.1 Å². The Morgan fingerprint density at radius 1 is 0.897 bits per heavy atom. The number of aromatic nitrogens is 2. The molecular weight excluding hydrogens is 482 g/mol. The lowest BCUT2D eigenvalue weighted by Gasteiger charge is -2.53. The number of phenolic OH excluding ortho intramolecular Hbond substituents is 1. The lowest BCUT2D eigenvalue weighted by atomic mass is 9.50. The number of nitrogens with zero attached hydrogens (tertiary/aromatic N) is 3. The van der Waals surface area contributed by atoms with Crippen LogP contribution in [-0.2, 0) is 11.8 Å². The Bertz CT molecular complexity index is 1260. The number of methoxy groups -OCH3 is 1. The van der Waals surface area contributed by atoms with Crippen LogP contribution in [0, 0.1) is 11.8 Å². The van der Waals surface area contributed by atoms with Crippen molar-refractivity contribution in [3.05, 3.63) is 65.0 Å². The number of phenols is 1. The first kappa shape index (κ1) is 29.0. The van der Waals surface area contributed by atoms with Crippen molar-refractivity contribution in [2.45, 2.75) is 91.9 Å². The average molecular weight is 532 g/mol. The zero-order chi connectivity index (χ0) is 28.5. The standard InChI is InChI=1S/C34H49N3O2/c1-10-22-19-24(39-9)16-18-29(22)37-21-28(33(35-37)34(6,7)8)32-25(11-2)31(26(32)12-3)27-17-15-23(20-30(27)38)36(13-4)14-5/h15-21,25-26,31-32,38H,10-14H2,1-9H3. The second-order valence-electron chi connectivity index (χ2n) is 12.1. The summed E-state index contributed by atoms with van der Waals surface area (Å²) in [5.74, 6) is 3.00. The molecule has 4 rings (SSSR count). The van der Waals surface area contributed by atoms with E-state index in [0.29, 0.717) is 29.4 Å². The fraction of sp³-hybridized carbons (Fsp3) is 0.559. The Labute approximate surface area is 236 Å². The SMILES string of the molecule is CCc1cc(OC)ccc1-n1cc(C2C(CC)C(c3ccc(N(CC)CC)cc3O)C2CC)c(C(C)(C)C)n1. The molecule has 1 saturated carbocycles. The van der Waals surface area contributed by atoms with E-state index in [1.54, 1.807) is 7.11 Å². The molecule has 0 aliphatic heterocycles. The molecule has 3 aromatic rings. The van der Waals surface area contributed by atoms with E-state index in [1.807, 2.05) is 12.1 Å². The van der Waals surface area contributed by atoms with Crippen LogP contribution in [0.1, 0.15) is 102 Å². The summed E-state index contributed by atoms with van der Waals surface area (Å²) >= 11 is 0. The van der Waals surface area contributed by atoms with E-state index in [4.69, 9.17) is 9.84 Å². The number of hydrogen-bond donors (Lipinski definition) is 1. The van der Waals surface area contributed by atoms with Crippen LogP contribution in [0.4, 0.5) is 5.69 Å². The molecule has 2 unspecified atom stereocenters. The van der Waals surface area contributed by atoms with E-state index in [2.05, 4.69) is 95.4 Å². The normalized spacial score (nSPS) is 21.1. The van der Waals surface area contributed by atoms with Crippen molar-refractivity contribution in [2.75, 3.05) is 25.1 Å². The van der Waals surface area contributed by atoms with Crippen LogP contribution in [0.25, 0.3) is 5.69 Å². The Morgan fingerprint density at radius 2 is 1.54 bits per heavy atom. The molecule has 0 radical (unpaired) electrons. The molecule has 0 bridgehead atoms. The molecule has 0 saturated heterocycles. The van der Waals surface area contributed by atoms with Crippen LogP contribution in [0.3, 0.4) is 0 Å². The molecule has 1 aromatic heterocycles. The number of aromatic hydroxyl groups is 1. The summed E-state index contributed by atoms with van der Waals surface area (Å²) in [6.07, 6.45) is 5.36. The molecule has 2 aromatic carbocycles. The van der Waals surface area contributed by atoms with Crippen molar-refractivity contribution < 1.29 is 9.84 Å². The number of benzene rings is 2. The quantitative estimate of drug-likeness (QED) is 0.286. The third-order valence-corrected chi connectivity index (χ3v) is 9.02. The summed E-state index contributed by atoms with van der Waals surface area (Å²) in [6.45, 7) is 19.8. The van der Waals surface area contributed by atoms with Crippen LogP contribution >= 0.6 is 0 Å². The van der Waals surface area contributed by atoms with Gasteiger partial charge in [-0.05, 0) is 84.9 Å². The molecule has 1 heterocycles. The molecule has 5 heteroatoms. The minimum atomic E-state index is -0.0747. The van der Waals surface area contributed by atoms with E-state index in [-0.39, 0.29) is 5.41 Å². The van der Waals surface area contributed by atoms with Gasteiger partial charge in [-0.2, -0.15) is 5.10 Å². The van der Waals surface area contributed by atoms with Crippen molar-refractivity contribution in [1.29, 1.82) is 0 Å². The van der Waals surface area contributed by atoms with Gasteiger partial charge in [-0.1, -0.05) is 60.5 Å². The highest BCUT2D eigenvalue weighted by molar-refractivity contribution is 5.55. The summed E-state index contributed by atoms with van der Waals surface area (Å²) in [4.78, 5) is 2.29. The van der Waals surface area contributed by atoms with Gasteiger partial charge in [-0.3, -0.25) is 0 Å². The summed E-state index contributed by atoms with van der Waals surface area (Å²) < 4.78 is 7.60. The van der Waals surface area contributed by atoms with Crippen LogP contribution in [0.5, 0.6) is 11.5 Å². The van der Waals surface area contributed by atoms with Gasteiger partial charge in [0.1, 0.15) is 11.5 Å². The lowest BCUT2D eigenvalue weighted by Crippen LogP contribution is -2.43. The van der Waals surface area contributed by atoms with Crippen molar-refractivity contribution in [3.63, 3.8) is 0 Å². The molecule has 1 aliphatic rings. The van der Waals surface area contributed by atoms with Gasteiger partial charge in [0.05, 0.1) is 18.5 Å². The second kappa shape index (κ2) is 11.7. The number of anilines is 1. The number of aryl methyl sites for hydroxylation is 1. The Morgan fingerprint density at radius 3 is 2.05 bits per heavy atom. The van der Waals surface area contributed by atoms with Crippen molar-refractivity contribution >= 4 is 5.69 Å². The van der Waals surface area contributed by atoms with E-state index in [9.17, 15) is 5.11 Å². The van der Waals surface area contributed by atoms with Crippen molar-refractivity contribution in [2.24, 2.45) is 11.8 Å². The second-order valence-corrected chi connectivity index (χ2v) is 12.1. The maximum atomic E-state index is 11.2. The van der Waals surface area contributed by atoms with Gasteiger partial charge in [-0.25, -0.2) is 4.68 Å². The molecule has 212 valence electrons. The van der Waals surface area contributed by atoms with Gasteiger partial charge < -0.3 is 14.7 Å². The molecule has 0 amide bonds. The molecule has 1 N–H and O–H groups in total. The molecule has 2 atom stereocenters. The van der Waals surface area contributed by atoms with Gasteiger partial charge in [0, 0.05) is 36.5 Å². The first-order valence-corrected chi connectivity index (χ1v) is 15.0. The summed E-state index contributed by atoms with van der Waals surface area (Å²) in [5, 5.41) is 16.5. The minimum Gasteiger partial charge on any atom is -0.508 e. The Kier molecular flexibility index (Phi) is 8.68. The van der Waals surface area contributed by atoms with Crippen LogP contribution < -0.4 is 9.64 Å². The summed E-state index contributed by atoms with van der Waals surface area (Å²) in [7, 11) is 1.72. The van der Waals surface area contributed by atoms with Gasteiger partial charge >= 0.3 is 0 Å². The first-order chi connectivity index (χ1) is 18.6. The third-order valence-electron chi connectivity index (χ3n) is 9.02. The van der Waals surface area contributed by atoms with Gasteiger partial charge in [-0.15, -0.1) is 0 Å². The van der Waals surface area contributed by atoms with Gasteiger partial charge in [0.2, 0.25) is 0 Å². The molecule has 1 aliphatic carbocycles. The summed E-state index contributed by atoms with van der Waals surface area (Å²) in [5.41, 5.74) is 7.03. The molecular formula is C34H49N3O2. The van der Waals surface area contributed by atoms with Crippen LogP contribution in [0.15, 0.2) is 42.6 Å². The fourth-order valence-corrected chi connectivity index (χ4v) is 7.01. The topological polar surface area (TPSA) is 50.5 Å². The fourth-order valence-electron chi connectivity index (χ4n) is 7.01. The zero-order valence-electron chi connectivity index (χ0n) is 25.6. The minimum absolute atomic E-state index is 0.0747. The molecule has 1 fully saturated rings. The number of rotatable bonds is 10. The van der Waals surface area contributed by atoms with E-state index >= 15 is 0 Å². The smallest absolute Gasteiger partial charge is 0.121 e. The lowest BCUT2D eigenvalue weighted by molar-refractivity contribution is 0.0829. The highest BCUT2D eigenvalue weighted by atomic mass is 16.5. The van der Waals surface area contributed by atoms with Crippen molar-refractivity contribution in [3.8, 4) is 17.2 Å². The number of hydrogen-bond acceptors (Lipinski definition) is 4. The predicted molar refractivity (Wildman–Crippen MR) is 163 cm³/mol. The summed E-state index contributed by atoms with van der Waals surface area (Å²) in [6, 6.07) is 12.7. The third kappa shape index (κ3) is 5.29. The monoisotopic (exact) mass is 531 g/mol. The molecule has 5 nitrogen and oxygen atoms in total. The van der Waals surface area contributed by atoms with E-state index in [1.165, 1.54) is 16.8 Å². The number of ether oxygens (including phenoxy) is 1. The zero-order valence-corrected chi connectivity index (χ0v) is 25.6. The highest BCUT2D eigenvalue weighted by Crippen LogP contribution is 2.62. The predicted octanol–water partition coefficient (Wildman–Crippen LogP) is 8.23. The van der Waals surface area contributed by atoms with E-state index in [0.717, 1.165) is 55.0 Å². The average Bonchev–Trinajstić information content (AvgIpc) is 3.35. The Balaban J connectivity index is 1.77. The largest absolute Gasteiger partial charge is 0.508 e. The van der Waals surface area contributed by atoms with Gasteiger partial charge in [0.15, 0.2) is 0 Å². The maximum absolute atomic E-state index is 11.2. The molecule has 0 spiro atoms.